The van der Waals surface area contributed by atoms with Gasteiger partial charge in [0.2, 0.25) is 10.0 Å². The minimum absolute atomic E-state index is 0. The predicted molar refractivity (Wildman–Crippen MR) is 62.0 cm³/mol. The molecular weight excluding hydrogens is 244 g/mol. The molecule has 7 heteroatoms. The Labute approximate surface area is 101 Å². The van der Waals surface area contributed by atoms with Crippen LogP contribution < -0.4 is 10.0 Å². The van der Waals surface area contributed by atoms with Crippen molar-refractivity contribution in [3.05, 3.63) is 30.3 Å². The summed E-state index contributed by atoms with van der Waals surface area (Å²) in [6.45, 7) is 0.381. The number of ether oxygens (including phenoxy) is 1. The van der Waals surface area contributed by atoms with Crippen molar-refractivity contribution in [2.45, 2.75) is 11.0 Å². The van der Waals surface area contributed by atoms with Gasteiger partial charge in [0.25, 0.3) is 0 Å². The largest absolute Gasteiger partial charge is 0.443 e. The number of nitrogens with one attached hydrogen (secondary N) is 2. The first-order chi connectivity index (χ1) is 8.08. The van der Waals surface area contributed by atoms with Crippen LogP contribution in [0.5, 0.6) is 0 Å². The highest BCUT2D eigenvalue weighted by Crippen LogP contribution is 2.07. The third kappa shape index (κ3) is 2.95. The summed E-state index contributed by atoms with van der Waals surface area (Å²) in [6.07, 6.45) is -0.977. The lowest BCUT2D eigenvalue weighted by Gasteiger charge is -2.09. The van der Waals surface area contributed by atoms with Gasteiger partial charge in [-0.05, 0) is 12.1 Å². The van der Waals surface area contributed by atoms with Crippen LogP contribution in [0.1, 0.15) is 1.43 Å². The molecule has 94 valence electrons. The highest BCUT2D eigenvalue weighted by molar-refractivity contribution is 7.89. The fourth-order valence-corrected chi connectivity index (χ4v) is 2.52. The van der Waals surface area contributed by atoms with E-state index >= 15 is 0 Å². The second-order valence-electron chi connectivity index (χ2n) is 3.57. The quantitative estimate of drug-likeness (QED) is 0.814. The third-order valence-corrected chi connectivity index (χ3v) is 3.74. The Morgan fingerprint density at radius 2 is 2.12 bits per heavy atom. The zero-order valence-electron chi connectivity index (χ0n) is 8.92. The molecule has 1 aromatic carbocycles. The van der Waals surface area contributed by atoms with Gasteiger partial charge in [-0.3, -0.25) is 0 Å². The molecule has 2 rings (SSSR count). The molecule has 0 unspecified atom stereocenters. The number of sulfonamides is 1. The van der Waals surface area contributed by atoms with Gasteiger partial charge < -0.3 is 10.1 Å². The summed E-state index contributed by atoms with van der Waals surface area (Å²) < 4.78 is 30.8. The molecule has 1 aromatic rings. The van der Waals surface area contributed by atoms with E-state index in [0.717, 1.165) is 0 Å². The molecule has 0 bridgehead atoms. The van der Waals surface area contributed by atoms with Gasteiger partial charge in [0, 0.05) is 7.97 Å². The average Bonchev–Trinajstić information content (AvgIpc) is 2.74. The summed E-state index contributed by atoms with van der Waals surface area (Å²) in [6, 6.07) is 8.03. The van der Waals surface area contributed by atoms with Crippen molar-refractivity contribution in [2.75, 3.05) is 13.1 Å². The number of carbonyl (C=O) groups is 1. The first-order valence-electron chi connectivity index (χ1n) is 5.07. The topological polar surface area (TPSA) is 84.5 Å². The van der Waals surface area contributed by atoms with Crippen LogP contribution >= 0.6 is 0 Å². The Kier molecular flexibility index (Phi) is 3.30. The monoisotopic (exact) mass is 258 g/mol. The van der Waals surface area contributed by atoms with E-state index in [-0.39, 0.29) is 12.9 Å². The lowest BCUT2D eigenvalue weighted by molar-refractivity contribution is 0.142. The lowest BCUT2D eigenvalue weighted by Crippen LogP contribution is -2.33. The van der Waals surface area contributed by atoms with Crippen molar-refractivity contribution < 1.29 is 19.4 Å². The van der Waals surface area contributed by atoms with Crippen LogP contribution in [-0.2, 0) is 14.8 Å². The van der Waals surface area contributed by atoms with E-state index in [1.165, 1.54) is 12.1 Å². The van der Waals surface area contributed by atoms with Crippen LogP contribution in [0.4, 0.5) is 4.79 Å². The van der Waals surface area contributed by atoms with Gasteiger partial charge >= 0.3 is 6.09 Å². The molecule has 1 atom stereocenters. The van der Waals surface area contributed by atoms with Crippen LogP contribution in [0.3, 0.4) is 0 Å². The summed E-state index contributed by atoms with van der Waals surface area (Å²) in [5, 5.41) is 2.45. The van der Waals surface area contributed by atoms with E-state index < -0.39 is 22.2 Å². The number of benzene rings is 1. The van der Waals surface area contributed by atoms with Gasteiger partial charge in [0.05, 0.1) is 11.4 Å². The zero-order chi connectivity index (χ0) is 12.3. The van der Waals surface area contributed by atoms with Crippen molar-refractivity contribution in [1.82, 2.24) is 10.0 Å². The number of alkyl carbamates (subject to hydrolysis) is 1. The molecule has 0 radical (unpaired) electrons. The van der Waals surface area contributed by atoms with Gasteiger partial charge in [-0.15, -0.1) is 0 Å². The van der Waals surface area contributed by atoms with Gasteiger partial charge in [-0.1, -0.05) is 18.2 Å². The Hall–Kier alpha value is -1.60. The fraction of sp³-hybridized carbons (Fsp3) is 0.300. The maximum absolute atomic E-state index is 11.8. The van der Waals surface area contributed by atoms with Gasteiger partial charge in [-0.25, -0.2) is 17.9 Å². The Balaban J connectivity index is 0.00000162. The number of carbonyl (C=O) groups excluding carboxylic acids is 1. The summed E-state index contributed by atoms with van der Waals surface area (Å²) in [4.78, 5) is 10.9. The molecule has 1 amide bonds. The number of hydrogen-bond donors (Lipinski definition) is 2. The zero-order valence-corrected chi connectivity index (χ0v) is 9.74. The van der Waals surface area contributed by atoms with Crippen LogP contribution in [0.15, 0.2) is 35.2 Å². The normalized spacial score (nSPS) is 19.8. The molecule has 2 N–H and O–H groups in total. The fourth-order valence-electron chi connectivity index (χ4n) is 1.43. The molecule has 1 heterocycles. The molecule has 1 aliphatic rings. The smallest absolute Gasteiger partial charge is 0.407 e. The maximum atomic E-state index is 11.8. The SMILES string of the molecule is O=C1NC[C@H](CNS(=O)(=O)c2ccccc2)O1.[HH]. The van der Waals surface area contributed by atoms with E-state index in [1.54, 1.807) is 18.2 Å². The molecule has 1 saturated heterocycles. The van der Waals surface area contributed by atoms with Crippen LogP contribution in [0.25, 0.3) is 0 Å². The Morgan fingerprint density at radius 3 is 2.71 bits per heavy atom. The minimum atomic E-state index is -3.53. The van der Waals surface area contributed by atoms with Crippen molar-refractivity contribution in [1.29, 1.82) is 0 Å². The number of hydrogen-bond acceptors (Lipinski definition) is 4. The molecular formula is C10H14N2O4S. The molecule has 1 fully saturated rings. The molecule has 17 heavy (non-hydrogen) atoms. The highest BCUT2D eigenvalue weighted by atomic mass is 32.2. The third-order valence-electron chi connectivity index (χ3n) is 2.30. The first kappa shape index (κ1) is 11.9. The van der Waals surface area contributed by atoms with Crippen LogP contribution in [-0.4, -0.2) is 33.7 Å². The van der Waals surface area contributed by atoms with E-state index in [9.17, 15) is 13.2 Å². The molecule has 0 saturated carbocycles. The van der Waals surface area contributed by atoms with E-state index in [1.807, 2.05) is 0 Å². The summed E-state index contributed by atoms with van der Waals surface area (Å²) >= 11 is 0. The predicted octanol–water partition coefficient (Wildman–Crippen LogP) is 0.319. The molecule has 0 aliphatic carbocycles. The van der Waals surface area contributed by atoms with Crippen LogP contribution in [0.2, 0.25) is 0 Å². The van der Waals surface area contributed by atoms with E-state index in [4.69, 9.17) is 4.74 Å². The number of rotatable bonds is 4. The second-order valence-corrected chi connectivity index (χ2v) is 5.34. The summed E-state index contributed by atoms with van der Waals surface area (Å²) in [5.74, 6) is 0. The lowest BCUT2D eigenvalue weighted by atomic mass is 10.4. The molecule has 0 spiro atoms. The van der Waals surface area contributed by atoms with Crippen molar-refractivity contribution >= 4 is 16.1 Å². The van der Waals surface area contributed by atoms with Crippen molar-refractivity contribution in [3.8, 4) is 0 Å². The average molecular weight is 258 g/mol. The Morgan fingerprint density at radius 1 is 1.41 bits per heavy atom. The standard InChI is InChI=1S/C10H12N2O4S.H2/c13-10-11-6-8(16-10)7-12-17(14,15)9-4-2-1-3-5-9;/h1-5,8,12H,6-7H2,(H,11,13);1H/t8-;/m1./s1. The van der Waals surface area contributed by atoms with Crippen molar-refractivity contribution in [3.63, 3.8) is 0 Å². The highest BCUT2D eigenvalue weighted by Gasteiger charge is 2.24. The van der Waals surface area contributed by atoms with Gasteiger partial charge in [0.1, 0.15) is 6.10 Å². The molecule has 0 aromatic heterocycles. The summed E-state index contributed by atoms with van der Waals surface area (Å²) in [5.41, 5.74) is 0. The minimum Gasteiger partial charge on any atom is -0.443 e. The van der Waals surface area contributed by atoms with E-state index in [0.29, 0.717) is 6.54 Å². The molecule has 1 aliphatic heterocycles. The maximum Gasteiger partial charge on any atom is 0.407 e. The van der Waals surface area contributed by atoms with Crippen LogP contribution in [0, 0.1) is 0 Å². The number of amides is 1. The molecule has 6 nitrogen and oxygen atoms in total. The number of cyclic esters (lactones) is 1. The van der Waals surface area contributed by atoms with E-state index in [2.05, 4.69) is 10.0 Å². The second kappa shape index (κ2) is 4.72. The first-order valence-corrected chi connectivity index (χ1v) is 6.55. The van der Waals surface area contributed by atoms with Crippen molar-refractivity contribution in [2.24, 2.45) is 0 Å². The Bertz CT molecular complexity index is 506. The van der Waals surface area contributed by atoms with Gasteiger partial charge in [-0.2, -0.15) is 0 Å². The van der Waals surface area contributed by atoms with Gasteiger partial charge in [0.15, 0.2) is 0 Å². The summed E-state index contributed by atoms with van der Waals surface area (Å²) in [7, 11) is -3.53.